The Bertz CT molecular complexity index is 561. The third kappa shape index (κ3) is 2.90. The Morgan fingerprint density at radius 1 is 1.45 bits per heavy atom. The maximum absolute atomic E-state index is 12.4. The predicted molar refractivity (Wildman–Crippen MR) is 88.4 cm³/mol. The molecule has 3 rings (SSSR count). The molecule has 1 aliphatic heterocycles. The summed E-state index contributed by atoms with van der Waals surface area (Å²) in [5, 5.41) is 12.9. The summed E-state index contributed by atoms with van der Waals surface area (Å²) in [6, 6.07) is 5.95. The van der Waals surface area contributed by atoms with Gasteiger partial charge in [0.15, 0.2) is 0 Å². The minimum Gasteiger partial charge on any atom is -0.393 e. The zero-order chi connectivity index (χ0) is 15.7. The fraction of sp³-hybridized carbons (Fsp3) is 0.588. The minimum atomic E-state index is -0.259. The lowest BCUT2D eigenvalue weighted by atomic mass is 10.1. The van der Waals surface area contributed by atoms with Gasteiger partial charge in [0.1, 0.15) is 0 Å². The van der Waals surface area contributed by atoms with Gasteiger partial charge in [-0.1, -0.05) is 12.5 Å². The lowest BCUT2D eigenvalue weighted by Gasteiger charge is -2.24. The van der Waals surface area contributed by atoms with Gasteiger partial charge in [0.05, 0.1) is 6.10 Å². The van der Waals surface area contributed by atoms with Crippen LogP contribution in [-0.2, 0) is 6.42 Å². The van der Waals surface area contributed by atoms with E-state index in [9.17, 15) is 9.90 Å². The number of aliphatic hydroxyl groups is 1. The van der Waals surface area contributed by atoms with Crippen LogP contribution >= 0.6 is 0 Å². The van der Waals surface area contributed by atoms with Gasteiger partial charge in [0, 0.05) is 50.0 Å². The largest absolute Gasteiger partial charge is 0.393 e. The number of aliphatic hydroxyl groups excluding tert-OH is 1. The smallest absolute Gasteiger partial charge is 0.321 e. The molecule has 0 radical (unpaired) electrons. The molecule has 2 N–H and O–H groups in total. The minimum absolute atomic E-state index is 0.0953. The third-order valence-corrected chi connectivity index (χ3v) is 4.98. The molecule has 1 heterocycles. The number of nitrogens with one attached hydrogen (secondary N) is 1. The first kappa shape index (κ1) is 15.2. The molecule has 1 aromatic carbocycles. The van der Waals surface area contributed by atoms with Crippen LogP contribution in [0.1, 0.15) is 24.8 Å². The van der Waals surface area contributed by atoms with Crippen molar-refractivity contribution in [1.29, 1.82) is 0 Å². The molecule has 2 atom stereocenters. The maximum atomic E-state index is 12.4. The molecule has 22 heavy (non-hydrogen) atoms. The molecule has 5 nitrogen and oxygen atoms in total. The van der Waals surface area contributed by atoms with Crippen molar-refractivity contribution < 1.29 is 9.90 Å². The highest BCUT2D eigenvalue weighted by atomic mass is 16.3. The maximum Gasteiger partial charge on any atom is 0.321 e. The number of carbonyl (C=O) groups is 1. The van der Waals surface area contributed by atoms with Crippen LogP contribution in [0.3, 0.4) is 0 Å². The van der Waals surface area contributed by atoms with Crippen LogP contribution in [0.25, 0.3) is 0 Å². The summed E-state index contributed by atoms with van der Waals surface area (Å²) in [5.74, 6) is 0.211. The van der Waals surface area contributed by atoms with Gasteiger partial charge < -0.3 is 20.2 Å². The highest BCUT2D eigenvalue weighted by molar-refractivity contribution is 5.91. The SMILES string of the molecule is CN(C[C@H]1CCC[C@@H]1O)C(=O)Nc1cccc2c1CCN2C. The second-order valence-corrected chi connectivity index (χ2v) is 6.54. The third-order valence-electron chi connectivity index (χ3n) is 4.98. The van der Waals surface area contributed by atoms with Crippen LogP contribution in [0.4, 0.5) is 16.2 Å². The summed E-state index contributed by atoms with van der Waals surface area (Å²) < 4.78 is 0. The Morgan fingerprint density at radius 3 is 3.00 bits per heavy atom. The number of urea groups is 1. The van der Waals surface area contributed by atoms with Crippen molar-refractivity contribution in [1.82, 2.24) is 4.90 Å². The number of carbonyl (C=O) groups excluding carboxylic acids is 1. The summed E-state index contributed by atoms with van der Waals surface area (Å²) in [6.07, 6.45) is 3.63. The van der Waals surface area contributed by atoms with Gasteiger partial charge in [-0.2, -0.15) is 0 Å². The highest BCUT2D eigenvalue weighted by Gasteiger charge is 2.28. The van der Waals surface area contributed by atoms with Gasteiger partial charge in [-0.05, 0) is 31.4 Å². The molecule has 5 heteroatoms. The van der Waals surface area contributed by atoms with Crippen LogP contribution in [0.15, 0.2) is 18.2 Å². The van der Waals surface area contributed by atoms with E-state index in [-0.39, 0.29) is 18.1 Å². The van der Waals surface area contributed by atoms with E-state index in [2.05, 4.69) is 23.3 Å². The van der Waals surface area contributed by atoms with Crippen molar-refractivity contribution in [2.24, 2.45) is 5.92 Å². The van der Waals surface area contributed by atoms with Crippen LogP contribution < -0.4 is 10.2 Å². The van der Waals surface area contributed by atoms with Crippen molar-refractivity contribution in [2.45, 2.75) is 31.8 Å². The number of fused-ring (bicyclic) bond motifs is 1. The Kier molecular flexibility index (Phi) is 4.25. The lowest BCUT2D eigenvalue weighted by molar-refractivity contribution is 0.116. The predicted octanol–water partition coefficient (Wildman–Crippen LogP) is 2.30. The Morgan fingerprint density at radius 2 is 2.27 bits per heavy atom. The first-order valence-corrected chi connectivity index (χ1v) is 8.09. The summed E-state index contributed by atoms with van der Waals surface area (Å²) >= 11 is 0. The van der Waals surface area contributed by atoms with E-state index in [1.807, 2.05) is 12.1 Å². The molecule has 2 aliphatic rings. The average Bonchev–Trinajstić information content (AvgIpc) is 3.07. The number of likely N-dealkylation sites (N-methyl/N-ethyl adjacent to an activating group) is 1. The van der Waals surface area contributed by atoms with Gasteiger partial charge in [0.25, 0.3) is 0 Å². The molecule has 0 unspecified atom stereocenters. The molecule has 1 aliphatic carbocycles. The van der Waals surface area contributed by atoms with E-state index in [0.717, 1.165) is 37.9 Å². The quantitative estimate of drug-likeness (QED) is 0.901. The monoisotopic (exact) mass is 303 g/mol. The van der Waals surface area contributed by atoms with Crippen LogP contribution in [-0.4, -0.2) is 49.3 Å². The number of rotatable bonds is 3. The van der Waals surface area contributed by atoms with Crippen molar-refractivity contribution in [3.8, 4) is 0 Å². The summed E-state index contributed by atoms with van der Waals surface area (Å²) in [6.45, 7) is 1.61. The van der Waals surface area contributed by atoms with E-state index in [1.54, 1.807) is 11.9 Å². The Balaban J connectivity index is 1.64. The molecule has 0 spiro atoms. The number of benzene rings is 1. The van der Waals surface area contributed by atoms with Gasteiger partial charge in [0.2, 0.25) is 0 Å². The van der Waals surface area contributed by atoms with Crippen molar-refractivity contribution >= 4 is 17.4 Å². The number of hydrogen-bond acceptors (Lipinski definition) is 3. The molecular weight excluding hydrogens is 278 g/mol. The first-order valence-electron chi connectivity index (χ1n) is 8.09. The second kappa shape index (κ2) is 6.16. The zero-order valence-corrected chi connectivity index (χ0v) is 13.4. The summed E-state index contributed by atoms with van der Waals surface area (Å²) in [4.78, 5) is 16.3. The van der Waals surface area contributed by atoms with E-state index in [4.69, 9.17) is 0 Å². The second-order valence-electron chi connectivity index (χ2n) is 6.54. The average molecular weight is 303 g/mol. The molecule has 0 aromatic heterocycles. The fourth-order valence-electron chi connectivity index (χ4n) is 3.59. The molecule has 120 valence electrons. The molecular formula is C17H25N3O2. The van der Waals surface area contributed by atoms with E-state index < -0.39 is 0 Å². The normalized spacial score (nSPS) is 23.5. The number of anilines is 2. The van der Waals surface area contributed by atoms with E-state index >= 15 is 0 Å². The molecule has 1 saturated carbocycles. The molecule has 0 saturated heterocycles. The van der Waals surface area contributed by atoms with Gasteiger partial charge >= 0.3 is 6.03 Å². The number of hydrogen-bond donors (Lipinski definition) is 2. The number of nitrogens with zero attached hydrogens (tertiary/aromatic N) is 2. The fourth-order valence-corrected chi connectivity index (χ4v) is 3.59. The Labute approximate surface area is 131 Å². The first-order chi connectivity index (χ1) is 10.6. The zero-order valence-electron chi connectivity index (χ0n) is 13.4. The van der Waals surface area contributed by atoms with Crippen LogP contribution in [0.2, 0.25) is 0 Å². The summed E-state index contributed by atoms with van der Waals surface area (Å²) in [7, 11) is 3.88. The van der Waals surface area contributed by atoms with E-state index in [1.165, 1.54) is 11.3 Å². The van der Waals surface area contributed by atoms with Crippen LogP contribution in [0.5, 0.6) is 0 Å². The van der Waals surface area contributed by atoms with Crippen LogP contribution in [0, 0.1) is 5.92 Å². The van der Waals surface area contributed by atoms with Crippen molar-refractivity contribution in [2.75, 3.05) is 37.4 Å². The molecule has 0 bridgehead atoms. The molecule has 1 fully saturated rings. The number of amides is 2. The van der Waals surface area contributed by atoms with Gasteiger partial charge in [-0.25, -0.2) is 4.79 Å². The Hall–Kier alpha value is -1.75. The molecule has 2 amide bonds. The lowest BCUT2D eigenvalue weighted by Crippen LogP contribution is -2.37. The topological polar surface area (TPSA) is 55.8 Å². The molecule has 1 aromatic rings. The summed E-state index contributed by atoms with van der Waals surface area (Å²) in [5.41, 5.74) is 3.32. The van der Waals surface area contributed by atoms with Gasteiger partial charge in [-0.3, -0.25) is 0 Å². The van der Waals surface area contributed by atoms with Gasteiger partial charge in [-0.15, -0.1) is 0 Å². The van der Waals surface area contributed by atoms with E-state index in [0.29, 0.717) is 6.54 Å². The van der Waals surface area contributed by atoms with Crippen molar-refractivity contribution in [3.05, 3.63) is 23.8 Å². The highest BCUT2D eigenvalue weighted by Crippen LogP contribution is 2.32. The van der Waals surface area contributed by atoms with Crippen molar-refractivity contribution in [3.63, 3.8) is 0 Å². The standard InChI is InChI=1S/C17H25N3O2/c1-19-10-9-13-14(6-4-7-15(13)19)18-17(22)20(2)11-12-5-3-8-16(12)21/h4,6-7,12,16,21H,3,5,8-11H2,1-2H3,(H,18,22)/t12-,16+/m1/s1.